The van der Waals surface area contributed by atoms with Crippen LogP contribution in [0.2, 0.25) is 0 Å². The molecular weight excluding hydrogens is 276 g/mol. The highest BCUT2D eigenvalue weighted by atomic mass is 79.9. The molecule has 5 nitrogen and oxygen atoms in total. The summed E-state index contributed by atoms with van der Waals surface area (Å²) < 4.78 is 1.73. The van der Waals surface area contributed by atoms with Gasteiger partial charge < -0.3 is 4.57 Å². The van der Waals surface area contributed by atoms with Crippen LogP contribution in [-0.2, 0) is 6.54 Å². The molecule has 16 heavy (non-hydrogen) atoms. The third kappa shape index (κ3) is 2.16. The molecule has 2 rings (SSSR count). The van der Waals surface area contributed by atoms with E-state index in [1.807, 2.05) is 0 Å². The molecule has 1 aromatic heterocycles. The van der Waals surface area contributed by atoms with E-state index >= 15 is 0 Å². The Balaban J connectivity index is 2.26. The van der Waals surface area contributed by atoms with E-state index in [4.69, 9.17) is 0 Å². The zero-order chi connectivity index (χ0) is 11.8. The summed E-state index contributed by atoms with van der Waals surface area (Å²) in [5, 5.41) is 11.5. The van der Waals surface area contributed by atoms with E-state index in [0.717, 1.165) is 24.7 Å². The first kappa shape index (κ1) is 11.3. The average molecular weight is 287 g/mol. The van der Waals surface area contributed by atoms with Gasteiger partial charge in [0.1, 0.15) is 0 Å². The molecule has 1 aliphatic rings. The fourth-order valence-electron chi connectivity index (χ4n) is 1.65. The highest BCUT2D eigenvalue weighted by Gasteiger charge is 2.41. The van der Waals surface area contributed by atoms with Crippen LogP contribution in [0.3, 0.4) is 0 Å². The molecule has 0 bridgehead atoms. The number of nitro groups is 1. The van der Waals surface area contributed by atoms with E-state index in [1.54, 1.807) is 10.8 Å². The number of rotatable bonds is 4. The van der Waals surface area contributed by atoms with Crippen LogP contribution in [0.1, 0.15) is 12.8 Å². The van der Waals surface area contributed by atoms with Crippen molar-refractivity contribution >= 4 is 21.6 Å². The number of hydrogen-bond acceptors (Lipinski definition) is 3. The van der Waals surface area contributed by atoms with E-state index in [2.05, 4.69) is 15.9 Å². The van der Waals surface area contributed by atoms with Crippen molar-refractivity contribution in [3.63, 3.8) is 0 Å². The van der Waals surface area contributed by atoms with E-state index in [9.17, 15) is 14.9 Å². The predicted molar refractivity (Wildman–Crippen MR) is 62.8 cm³/mol. The highest BCUT2D eigenvalue weighted by Crippen LogP contribution is 2.48. The van der Waals surface area contributed by atoms with Crippen molar-refractivity contribution in [2.75, 3.05) is 5.33 Å². The lowest BCUT2D eigenvalue weighted by atomic mass is 10.1. The van der Waals surface area contributed by atoms with Gasteiger partial charge in [0, 0.05) is 24.1 Å². The van der Waals surface area contributed by atoms with Crippen LogP contribution in [-0.4, -0.2) is 14.8 Å². The van der Waals surface area contributed by atoms with Crippen molar-refractivity contribution in [2.24, 2.45) is 5.41 Å². The van der Waals surface area contributed by atoms with Crippen molar-refractivity contribution in [2.45, 2.75) is 19.4 Å². The Hall–Kier alpha value is -1.17. The molecule has 1 aromatic rings. The van der Waals surface area contributed by atoms with Gasteiger partial charge >= 0.3 is 5.69 Å². The second-order valence-electron chi connectivity index (χ2n) is 4.26. The minimum absolute atomic E-state index is 0.225. The van der Waals surface area contributed by atoms with Gasteiger partial charge in [-0.15, -0.1) is 0 Å². The fraction of sp³-hybridized carbons (Fsp3) is 0.500. The summed E-state index contributed by atoms with van der Waals surface area (Å²) in [5.74, 6) is 0. The third-order valence-electron chi connectivity index (χ3n) is 2.91. The lowest BCUT2D eigenvalue weighted by Gasteiger charge is -2.13. The Kier molecular flexibility index (Phi) is 2.84. The van der Waals surface area contributed by atoms with Gasteiger partial charge in [0.2, 0.25) is 0 Å². The molecule has 86 valence electrons. The molecule has 1 aliphatic carbocycles. The van der Waals surface area contributed by atoms with Gasteiger partial charge in [0.05, 0.1) is 11.1 Å². The maximum atomic E-state index is 11.2. The van der Waals surface area contributed by atoms with Gasteiger partial charge in [-0.25, -0.2) is 0 Å². The standard InChI is InChI=1S/C10H11BrN2O3/c11-6-10(2-3-10)7-12-4-1-9(14)8(5-12)13(15)16/h1,4-5H,2-3,6-7H2. The summed E-state index contributed by atoms with van der Waals surface area (Å²) in [6.07, 6.45) is 5.18. The molecule has 0 spiro atoms. The van der Waals surface area contributed by atoms with Crippen LogP contribution in [0.15, 0.2) is 23.3 Å². The van der Waals surface area contributed by atoms with Crippen molar-refractivity contribution in [3.05, 3.63) is 38.8 Å². The first-order valence-electron chi connectivity index (χ1n) is 4.97. The zero-order valence-corrected chi connectivity index (χ0v) is 10.1. The van der Waals surface area contributed by atoms with Crippen LogP contribution in [0, 0.1) is 15.5 Å². The summed E-state index contributed by atoms with van der Waals surface area (Å²) in [7, 11) is 0. The van der Waals surface area contributed by atoms with Crippen molar-refractivity contribution in [1.82, 2.24) is 4.57 Å². The first-order valence-corrected chi connectivity index (χ1v) is 6.09. The Morgan fingerprint density at radius 2 is 2.25 bits per heavy atom. The van der Waals surface area contributed by atoms with Gasteiger partial charge in [0.25, 0.3) is 5.43 Å². The van der Waals surface area contributed by atoms with Crippen LogP contribution in [0.25, 0.3) is 0 Å². The molecule has 0 saturated heterocycles. The number of pyridine rings is 1. The van der Waals surface area contributed by atoms with E-state index in [-0.39, 0.29) is 11.1 Å². The Labute approximate surface area is 100 Å². The van der Waals surface area contributed by atoms with Gasteiger partial charge in [-0.05, 0) is 18.3 Å². The van der Waals surface area contributed by atoms with E-state index in [1.165, 1.54) is 12.3 Å². The summed E-state index contributed by atoms with van der Waals surface area (Å²) in [6.45, 7) is 0.722. The normalized spacial score (nSPS) is 17.1. The molecule has 0 radical (unpaired) electrons. The molecule has 1 heterocycles. The van der Waals surface area contributed by atoms with E-state index in [0.29, 0.717) is 0 Å². The maximum absolute atomic E-state index is 11.2. The third-order valence-corrected chi connectivity index (χ3v) is 4.10. The summed E-state index contributed by atoms with van der Waals surface area (Å²) >= 11 is 3.44. The lowest BCUT2D eigenvalue weighted by molar-refractivity contribution is -0.386. The van der Waals surface area contributed by atoms with Crippen molar-refractivity contribution in [1.29, 1.82) is 0 Å². The molecule has 0 N–H and O–H groups in total. The maximum Gasteiger partial charge on any atom is 0.332 e. The van der Waals surface area contributed by atoms with Gasteiger partial charge in [0.15, 0.2) is 0 Å². The Bertz CT molecular complexity index is 479. The molecule has 0 amide bonds. The highest BCUT2D eigenvalue weighted by molar-refractivity contribution is 9.09. The van der Waals surface area contributed by atoms with Crippen LogP contribution in [0.5, 0.6) is 0 Å². The number of alkyl halides is 1. The molecule has 0 aliphatic heterocycles. The number of hydrogen-bond donors (Lipinski definition) is 0. The fourth-order valence-corrected chi connectivity index (χ4v) is 2.38. The molecule has 0 atom stereocenters. The molecule has 0 aromatic carbocycles. The number of halogens is 1. The average Bonchev–Trinajstić information content (AvgIpc) is 3.01. The summed E-state index contributed by atoms with van der Waals surface area (Å²) in [5.41, 5.74) is -0.666. The number of nitrogens with zero attached hydrogens (tertiary/aromatic N) is 2. The second-order valence-corrected chi connectivity index (χ2v) is 4.82. The Morgan fingerprint density at radius 3 is 2.75 bits per heavy atom. The molecule has 0 unspecified atom stereocenters. The number of aromatic nitrogens is 1. The largest absolute Gasteiger partial charge is 0.347 e. The second kappa shape index (κ2) is 4.01. The topological polar surface area (TPSA) is 65.1 Å². The summed E-state index contributed by atoms with van der Waals surface area (Å²) in [6, 6.07) is 1.25. The van der Waals surface area contributed by atoms with Crippen LogP contribution in [0.4, 0.5) is 5.69 Å². The first-order chi connectivity index (χ1) is 7.56. The predicted octanol–water partition coefficient (Wildman–Crippen LogP) is 1.93. The van der Waals surface area contributed by atoms with Gasteiger partial charge in [-0.2, -0.15) is 0 Å². The summed E-state index contributed by atoms with van der Waals surface area (Å²) in [4.78, 5) is 21.2. The SMILES string of the molecule is O=c1ccn(CC2(CBr)CC2)cc1[N+](=O)[O-]. The minimum Gasteiger partial charge on any atom is -0.347 e. The lowest BCUT2D eigenvalue weighted by Crippen LogP contribution is -2.16. The van der Waals surface area contributed by atoms with Gasteiger partial charge in [-0.1, -0.05) is 15.9 Å². The van der Waals surface area contributed by atoms with E-state index < -0.39 is 10.4 Å². The molecule has 6 heteroatoms. The van der Waals surface area contributed by atoms with Crippen molar-refractivity contribution < 1.29 is 4.92 Å². The Morgan fingerprint density at radius 1 is 1.56 bits per heavy atom. The quantitative estimate of drug-likeness (QED) is 0.483. The monoisotopic (exact) mass is 286 g/mol. The van der Waals surface area contributed by atoms with Crippen molar-refractivity contribution in [3.8, 4) is 0 Å². The van der Waals surface area contributed by atoms with Gasteiger partial charge in [-0.3, -0.25) is 14.9 Å². The zero-order valence-electron chi connectivity index (χ0n) is 8.56. The van der Waals surface area contributed by atoms with Crippen LogP contribution < -0.4 is 5.43 Å². The molecule has 1 saturated carbocycles. The smallest absolute Gasteiger partial charge is 0.332 e. The minimum atomic E-state index is -0.632. The van der Waals surface area contributed by atoms with Crippen LogP contribution >= 0.6 is 15.9 Å². The molecule has 1 fully saturated rings. The molecular formula is C10H11BrN2O3.